The Balaban J connectivity index is 0.000000930. The minimum absolute atomic E-state index is 0. The van der Waals surface area contributed by atoms with Gasteiger partial charge in [0.2, 0.25) is 0 Å². The number of fused-ring (bicyclic) bond motifs is 3. The van der Waals surface area contributed by atoms with Crippen molar-refractivity contribution in [1.82, 2.24) is 0 Å². The van der Waals surface area contributed by atoms with Crippen molar-refractivity contribution in [3.8, 4) is 0 Å². The zero-order valence-corrected chi connectivity index (χ0v) is 33.9. The summed E-state index contributed by atoms with van der Waals surface area (Å²) < 4.78 is 0. The quantitative estimate of drug-likeness (QED) is 0.197. The molecular weight excluding hydrogens is 663 g/mol. The minimum atomic E-state index is -1.32. The van der Waals surface area contributed by atoms with Gasteiger partial charge in [-0.15, -0.1) is 0 Å². The van der Waals surface area contributed by atoms with Gasteiger partial charge in [0.1, 0.15) is 0 Å². The molecule has 42 heavy (non-hydrogen) atoms. The Morgan fingerprint density at radius 2 is 1.48 bits per heavy atom. The Bertz CT molecular complexity index is 1110. The first-order valence-electron chi connectivity index (χ1n) is 16.7. The molecule has 8 atom stereocenters. The average Bonchev–Trinajstić information content (AvgIpc) is 3.71. The van der Waals surface area contributed by atoms with Gasteiger partial charge in [-0.2, -0.15) is 0 Å². The number of rotatable bonds is 7. The fraction of sp³-hybridized carbons (Fsp3) is 0.676. The normalized spacial score (nSPS) is 32.1. The summed E-state index contributed by atoms with van der Waals surface area (Å²) in [6, 6.07) is 16.6. The monoisotopic (exact) mass is 720 g/mol. The molecule has 8 unspecified atom stereocenters. The van der Waals surface area contributed by atoms with Gasteiger partial charge in [-0.1, -0.05) is 133 Å². The number of halogens is 2. The molecule has 0 N–H and O–H groups in total. The standard InChI is InChI=1S/C35H54Si2.2CH3.2ClH.Zr/c1-6-7-12-25-19-20-28(23-25)36(2,3)37(4,5)34-22-21-32-33(34)24-27-15-11-17-30(27)35(32)31-18-10-14-26-13-8-9-16-29(26)31;;;;;/h8-10,13-14,16,18,25,27-28,30,32-35H,6-7,11-12,15,17,19-24H2,1-5H3;2*1H3;2*1H;/q;2*-1;;;+4/p-2. The number of benzene rings is 2. The van der Waals surface area contributed by atoms with E-state index >= 15 is 0 Å². The van der Waals surface area contributed by atoms with Gasteiger partial charge >= 0.3 is 37.9 Å². The third kappa shape index (κ3) is 7.11. The van der Waals surface area contributed by atoms with E-state index in [4.69, 9.17) is 17.0 Å². The number of hydrogen-bond acceptors (Lipinski definition) is 0. The molecule has 0 aliphatic heterocycles. The van der Waals surface area contributed by atoms with Crippen molar-refractivity contribution in [3.63, 3.8) is 0 Å². The summed E-state index contributed by atoms with van der Waals surface area (Å²) in [5.41, 5.74) is 3.94. The molecule has 0 nitrogen and oxygen atoms in total. The van der Waals surface area contributed by atoms with E-state index in [2.05, 4.69) is 75.6 Å². The van der Waals surface area contributed by atoms with Crippen molar-refractivity contribution in [2.24, 2.45) is 29.6 Å². The molecule has 4 fully saturated rings. The van der Waals surface area contributed by atoms with Crippen LogP contribution in [0, 0.1) is 44.4 Å². The zero-order chi connectivity index (χ0) is 28.5. The Hall–Kier alpha value is 0.597. The summed E-state index contributed by atoms with van der Waals surface area (Å²) in [5, 5.41) is 3.04. The van der Waals surface area contributed by atoms with Crippen LogP contribution < -0.4 is 0 Å². The molecule has 2 aromatic carbocycles. The predicted molar refractivity (Wildman–Crippen MR) is 192 cm³/mol. The Morgan fingerprint density at radius 1 is 0.762 bits per heavy atom. The first kappa shape index (κ1) is 37.1. The second-order valence-electron chi connectivity index (χ2n) is 15.2. The molecule has 4 saturated carbocycles. The summed E-state index contributed by atoms with van der Waals surface area (Å²) in [7, 11) is 7.29. The van der Waals surface area contributed by atoms with Crippen LogP contribution in [0.25, 0.3) is 10.8 Å². The van der Waals surface area contributed by atoms with Gasteiger partial charge in [0.15, 0.2) is 0 Å². The van der Waals surface area contributed by atoms with E-state index in [0.717, 1.165) is 46.6 Å². The van der Waals surface area contributed by atoms with Crippen molar-refractivity contribution < 1.29 is 20.8 Å². The molecule has 5 heteroatoms. The summed E-state index contributed by atoms with van der Waals surface area (Å²) in [6.07, 6.45) is 18.3. The fourth-order valence-electron chi connectivity index (χ4n) is 10.8. The van der Waals surface area contributed by atoms with Crippen molar-refractivity contribution in [1.29, 1.82) is 0 Å². The van der Waals surface area contributed by atoms with Crippen molar-refractivity contribution >= 4 is 43.0 Å². The number of unbranched alkanes of at least 4 members (excludes halogenated alkanes) is 1. The van der Waals surface area contributed by atoms with Gasteiger partial charge in [0, 0.05) is 15.2 Å². The van der Waals surface area contributed by atoms with Crippen LogP contribution in [-0.4, -0.2) is 15.2 Å². The maximum absolute atomic E-state index is 4.93. The molecule has 2 aromatic rings. The fourth-order valence-corrected chi connectivity index (χ4v) is 24.8. The van der Waals surface area contributed by atoms with Gasteiger partial charge in [0.05, 0.1) is 0 Å². The summed E-state index contributed by atoms with van der Waals surface area (Å²) in [6.45, 7) is 14.0. The Labute approximate surface area is 281 Å². The van der Waals surface area contributed by atoms with Crippen molar-refractivity contribution in [2.45, 2.75) is 127 Å². The SMILES string of the molecule is CCCCC1CCC([Si](C)(C)[Si](C)(C)C2CCC3C2CC2CCCC2C3c2cccc3ccccc23)C1.[CH3-].[CH3-].[Cl][Zr+2][Cl]. The molecule has 4 aliphatic rings. The zero-order valence-electron chi connectivity index (χ0n) is 27.9. The first-order chi connectivity index (χ1) is 19.2. The molecule has 6 rings (SSSR count). The molecule has 0 bridgehead atoms. The molecule has 0 spiro atoms. The molecule has 0 radical (unpaired) electrons. The van der Waals surface area contributed by atoms with Gasteiger partial charge in [0.25, 0.3) is 0 Å². The van der Waals surface area contributed by atoms with Gasteiger partial charge < -0.3 is 14.9 Å². The molecule has 0 saturated heterocycles. The molecule has 4 aliphatic carbocycles. The van der Waals surface area contributed by atoms with E-state index in [1.165, 1.54) is 50.3 Å². The van der Waals surface area contributed by atoms with E-state index in [0.29, 0.717) is 0 Å². The molecular formula is C37H60Cl2Si2Zr. The van der Waals surface area contributed by atoms with Crippen LogP contribution in [0.5, 0.6) is 0 Å². The van der Waals surface area contributed by atoms with E-state index in [-0.39, 0.29) is 14.9 Å². The Kier molecular flexibility index (Phi) is 14.1. The van der Waals surface area contributed by atoms with E-state index in [1.807, 2.05) is 0 Å². The van der Waals surface area contributed by atoms with E-state index in [9.17, 15) is 0 Å². The summed E-state index contributed by atoms with van der Waals surface area (Å²) >= 11 is -0.826. The van der Waals surface area contributed by atoms with Crippen LogP contribution in [0.1, 0.15) is 95.5 Å². The first-order valence-corrected chi connectivity index (χ1v) is 30.2. The van der Waals surface area contributed by atoms with Crippen LogP contribution in [0.4, 0.5) is 0 Å². The Morgan fingerprint density at radius 3 is 2.21 bits per heavy atom. The molecule has 0 heterocycles. The average molecular weight is 723 g/mol. The molecule has 0 amide bonds. The van der Waals surface area contributed by atoms with Crippen LogP contribution >= 0.6 is 17.0 Å². The van der Waals surface area contributed by atoms with E-state index < -0.39 is 36.0 Å². The van der Waals surface area contributed by atoms with Crippen molar-refractivity contribution in [2.75, 3.05) is 0 Å². The molecule has 234 valence electrons. The summed E-state index contributed by atoms with van der Waals surface area (Å²) in [4.78, 5) is 0. The van der Waals surface area contributed by atoms with Gasteiger partial charge in [-0.3, -0.25) is 0 Å². The second kappa shape index (κ2) is 15.9. The van der Waals surface area contributed by atoms with Crippen molar-refractivity contribution in [3.05, 3.63) is 62.9 Å². The second-order valence-corrected chi connectivity index (χ2v) is 35.1. The predicted octanol–water partition coefficient (Wildman–Crippen LogP) is 13.3. The third-order valence-electron chi connectivity index (χ3n) is 13.4. The van der Waals surface area contributed by atoms with Gasteiger partial charge in [-0.25, -0.2) is 0 Å². The third-order valence-corrected chi connectivity index (χ3v) is 34.1. The number of hydrogen-bond donors (Lipinski definition) is 0. The molecule has 0 aromatic heterocycles. The topological polar surface area (TPSA) is 0 Å². The van der Waals surface area contributed by atoms with E-state index in [1.54, 1.807) is 43.1 Å². The van der Waals surface area contributed by atoms with Crippen LogP contribution in [-0.2, 0) is 20.8 Å². The van der Waals surface area contributed by atoms with Crippen LogP contribution in [0.3, 0.4) is 0 Å². The summed E-state index contributed by atoms with van der Waals surface area (Å²) in [5.74, 6) is 5.81. The maximum atomic E-state index is 4.93. The van der Waals surface area contributed by atoms with Crippen LogP contribution in [0.2, 0.25) is 37.3 Å². The van der Waals surface area contributed by atoms with Gasteiger partial charge in [-0.05, 0) is 82.2 Å². The van der Waals surface area contributed by atoms with Crippen LogP contribution in [0.15, 0.2) is 42.5 Å².